The number of para-hydroxylation sites is 2. The van der Waals surface area contributed by atoms with Gasteiger partial charge < -0.3 is 14.2 Å². The molecule has 53 heavy (non-hydrogen) atoms. The summed E-state index contributed by atoms with van der Waals surface area (Å²) < 4.78 is 15.9. The highest BCUT2D eigenvalue weighted by atomic mass is 16.7. The third-order valence-corrected chi connectivity index (χ3v) is 9.23. The van der Waals surface area contributed by atoms with Gasteiger partial charge in [0.15, 0.2) is 11.5 Å². The zero-order valence-electron chi connectivity index (χ0n) is 31.2. The lowest BCUT2D eigenvalue weighted by Crippen LogP contribution is -2.42. The minimum atomic E-state index is 0.0556. The summed E-state index contributed by atoms with van der Waals surface area (Å²) in [5, 5.41) is 0. The maximum Gasteiger partial charge on any atom is 0.231 e. The van der Waals surface area contributed by atoms with E-state index in [0.29, 0.717) is 19.3 Å². The molecule has 1 aliphatic carbocycles. The number of ether oxygens (including phenoxy) is 3. The summed E-state index contributed by atoms with van der Waals surface area (Å²) in [5.74, 6) is 3.36. The summed E-state index contributed by atoms with van der Waals surface area (Å²) in [6.07, 6.45) is 9.86. The van der Waals surface area contributed by atoms with Gasteiger partial charge in [0.05, 0.1) is 7.11 Å². The van der Waals surface area contributed by atoms with Crippen LogP contribution in [-0.2, 0) is 22.4 Å². The van der Waals surface area contributed by atoms with Crippen LogP contribution < -0.4 is 24.0 Å². The summed E-state index contributed by atoms with van der Waals surface area (Å²) >= 11 is 0. The molecule has 2 aliphatic rings. The first-order valence-electron chi connectivity index (χ1n) is 18.8. The molecule has 0 radical (unpaired) electrons. The molecule has 1 saturated carbocycles. The van der Waals surface area contributed by atoms with E-state index in [1.165, 1.54) is 19.3 Å². The van der Waals surface area contributed by atoms with Gasteiger partial charge in [0.1, 0.15) is 11.6 Å². The molecule has 0 N–H and O–H groups in total. The van der Waals surface area contributed by atoms with Crippen LogP contribution in [0.4, 0.5) is 17.2 Å². The van der Waals surface area contributed by atoms with Gasteiger partial charge in [-0.1, -0.05) is 93.8 Å². The van der Waals surface area contributed by atoms with Gasteiger partial charge in [0.25, 0.3) is 0 Å². The topological polar surface area (TPSA) is 81.2 Å². The number of amides is 2. The van der Waals surface area contributed by atoms with E-state index in [1.807, 2.05) is 140 Å². The van der Waals surface area contributed by atoms with Gasteiger partial charge in [-0.2, -0.15) is 0 Å². The number of methoxy groups -OCH3 is 1. The van der Waals surface area contributed by atoms with Gasteiger partial charge in [0, 0.05) is 36.5 Å². The monoisotopic (exact) mass is 713 g/mol. The summed E-state index contributed by atoms with van der Waals surface area (Å²) in [6, 6.07) is 39.3. The first kappa shape index (κ1) is 38.6. The van der Waals surface area contributed by atoms with Gasteiger partial charge in [-0.25, -0.2) is 4.98 Å². The number of nitrogens with zero attached hydrogens (tertiary/aromatic N) is 3. The maximum absolute atomic E-state index is 13.0. The van der Waals surface area contributed by atoms with Gasteiger partial charge >= 0.3 is 0 Å². The first-order valence-corrected chi connectivity index (χ1v) is 18.8. The number of anilines is 3. The van der Waals surface area contributed by atoms with Crippen LogP contribution in [0.2, 0.25) is 0 Å². The number of benzene rings is 4. The van der Waals surface area contributed by atoms with Gasteiger partial charge in [-0.3, -0.25) is 19.4 Å². The lowest BCUT2D eigenvalue weighted by Gasteiger charge is -2.33. The molecule has 276 valence electrons. The highest BCUT2D eigenvalue weighted by Crippen LogP contribution is 2.33. The largest absolute Gasteiger partial charge is 0.497 e. The number of aryl methyl sites for hydroxylation is 2. The number of rotatable bonds is 11. The first-order chi connectivity index (χ1) is 26.1. The number of carbonyl (C=O) groups is 2. The molecule has 5 aromatic rings. The molecule has 4 aromatic carbocycles. The second-order valence-electron chi connectivity index (χ2n) is 12.7. The quantitative estimate of drug-likeness (QED) is 0.136. The minimum absolute atomic E-state index is 0.0556. The van der Waals surface area contributed by atoms with Gasteiger partial charge in [-0.15, -0.1) is 0 Å². The van der Waals surface area contributed by atoms with Crippen molar-refractivity contribution in [3.8, 4) is 17.2 Å². The number of hydrogen-bond acceptors (Lipinski definition) is 6. The maximum atomic E-state index is 13.0. The molecule has 0 saturated heterocycles. The Bertz CT molecular complexity index is 1790. The molecule has 1 aromatic heterocycles. The fraction of sp³-hybridized carbons (Fsp3) is 0.311. The summed E-state index contributed by atoms with van der Waals surface area (Å²) in [6.45, 7) is 4.26. The zero-order chi connectivity index (χ0) is 37.3. The second-order valence-corrected chi connectivity index (χ2v) is 12.7. The molecule has 2 heterocycles. The van der Waals surface area contributed by atoms with E-state index in [0.717, 1.165) is 64.8 Å². The van der Waals surface area contributed by atoms with Crippen molar-refractivity contribution in [1.29, 1.82) is 0 Å². The Morgan fingerprint density at radius 2 is 1.26 bits per heavy atom. The van der Waals surface area contributed by atoms with Crippen molar-refractivity contribution in [1.82, 2.24) is 4.98 Å². The molecule has 8 nitrogen and oxygen atoms in total. The average molecular weight is 714 g/mol. The molecule has 0 spiro atoms. The molecule has 0 bridgehead atoms. The van der Waals surface area contributed by atoms with E-state index in [9.17, 15) is 9.59 Å². The molecule has 1 aliphatic heterocycles. The van der Waals surface area contributed by atoms with Gasteiger partial charge in [0.2, 0.25) is 18.6 Å². The van der Waals surface area contributed by atoms with Crippen molar-refractivity contribution in [2.45, 2.75) is 77.7 Å². The minimum Gasteiger partial charge on any atom is -0.497 e. The van der Waals surface area contributed by atoms with Crippen LogP contribution in [0.25, 0.3) is 0 Å². The van der Waals surface area contributed by atoms with E-state index in [4.69, 9.17) is 14.2 Å². The molecule has 0 unspecified atom stereocenters. The normalized spacial score (nSPS) is 13.0. The second kappa shape index (κ2) is 20.4. The Balaban J connectivity index is 0.000000196. The van der Waals surface area contributed by atoms with Crippen LogP contribution in [0.5, 0.6) is 17.2 Å². The highest BCUT2D eigenvalue weighted by Gasteiger charge is 2.27. The van der Waals surface area contributed by atoms with E-state index < -0.39 is 0 Å². The third kappa shape index (κ3) is 10.9. The number of aromatic nitrogens is 1. The Kier molecular flexibility index (Phi) is 14.9. The Morgan fingerprint density at radius 3 is 1.89 bits per heavy atom. The summed E-state index contributed by atoms with van der Waals surface area (Å²) in [4.78, 5) is 34.2. The number of carbonyl (C=O) groups excluding carboxylic acids is 2. The van der Waals surface area contributed by atoms with Crippen molar-refractivity contribution in [2.24, 2.45) is 0 Å². The third-order valence-electron chi connectivity index (χ3n) is 9.23. The fourth-order valence-electron chi connectivity index (χ4n) is 6.57. The van der Waals surface area contributed by atoms with Crippen molar-refractivity contribution < 1.29 is 23.8 Å². The predicted octanol–water partition coefficient (Wildman–Crippen LogP) is 10.1. The Labute approximate surface area is 314 Å². The number of fused-ring (bicyclic) bond motifs is 1. The Hall–Kier alpha value is -5.63. The highest BCUT2D eigenvalue weighted by molar-refractivity contribution is 6.00. The lowest BCUT2D eigenvalue weighted by atomic mass is 9.93. The molecule has 2 amide bonds. The van der Waals surface area contributed by atoms with Crippen molar-refractivity contribution in [3.63, 3.8) is 0 Å². The number of hydrogen-bond donors (Lipinski definition) is 0. The van der Waals surface area contributed by atoms with Crippen LogP contribution in [-0.4, -0.2) is 36.7 Å². The standard InChI is InChI=1S/C22H19NO3.C21H26N2O2.C2H6/c24-22(14-12-17-11-13-20-21(15-17)26-16-25-20)23(18-7-3-1-4-8-18)19-9-5-2-6-10-19;1-25-19-13-10-17(11-14-19)12-15-21(24)23(18-7-3-2-4-8-18)20-9-5-6-16-22-20;1-2/h1-11,13,15H,12,14,16H2;5-6,9-11,13-14,16,18H,2-4,7-8,12,15H2,1H3;1-2H3. The zero-order valence-corrected chi connectivity index (χ0v) is 31.2. The Morgan fingerprint density at radius 1 is 0.679 bits per heavy atom. The van der Waals surface area contributed by atoms with Crippen LogP contribution in [0, 0.1) is 0 Å². The van der Waals surface area contributed by atoms with Crippen LogP contribution in [0.15, 0.2) is 128 Å². The van der Waals surface area contributed by atoms with Crippen molar-refractivity contribution in [2.75, 3.05) is 23.7 Å². The number of pyridine rings is 1. The predicted molar refractivity (Wildman–Crippen MR) is 212 cm³/mol. The average Bonchev–Trinajstić information content (AvgIpc) is 3.71. The molecular weight excluding hydrogens is 663 g/mol. The van der Waals surface area contributed by atoms with E-state index >= 15 is 0 Å². The summed E-state index contributed by atoms with van der Waals surface area (Å²) in [5.41, 5.74) is 3.95. The molecule has 7 rings (SSSR count). The lowest BCUT2D eigenvalue weighted by molar-refractivity contribution is -0.119. The molecule has 1 fully saturated rings. The summed E-state index contributed by atoms with van der Waals surface area (Å²) in [7, 11) is 1.66. The van der Waals surface area contributed by atoms with Crippen LogP contribution in [0.1, 0.15) is 69.9 Å². The van der Waals surface area contributed by atoms with Crippen molar-refractivity contribution in [3.05, 3.63) is 139 Å². The smallest absolute Gasteiger partial charge is 0.231 e. The molecular formula is C45H51N3O5. The van der Waals surface area contributed by atoms with Crippen molar-refractivity contribution >= 4 is 29.0 Å². The molecule has 0 atom stereocenters. The van der Waals surface area contributed by atoms with Gasteiger partial charge in [-0.05, 0) is 97.5 Å². The van der Waals surface area contributed by atoms with E-state index in [2.05, 4.69) is 4.98 Å². The fourth-order valence-corrected chi connectivity index (χ4v) is 6.57. The van der Waals surface area contributed by atoms with E-state index in [1.54, 1.807) is 18.2 Å². The SMILES string of the molecule is CC.COc1ccc(CCC(=O)N(c2ccccn2)C2CCCCC2)cc1.O=C(CCc1ccc2c(c1)OCO2)N(c1ccccc1)c1ccccc1. The van der Waals surface area contributed by atoms with Crippen LogP contribution >= 0.6 is 0 Å². The molecule has 8 heteroatoms. The van der Waals surface area contributed by atoms with Crippen LogP contribution in [0.3, 0.4) is 0 Å². The van der Waals surface area contributed by atoms with E-state index in [-0.39, 0.29) is 24.6 Å².